The lowest BCUT2D eigenvalue weighted by Crippen LogP contribution is -2.31. The van der Waals surface area contributed by atoms with Gasteiger partial charge in [0.15, 0.2) is 0 Å². The second kappa shape index (κ2) is 7.65. The number of halogens is 1. The first-order valence-electron chi connectivity index (χ1n) is 5.34. The van der Waals surface area contributed by atoms with Crippen molar-refractivity contribution in [1.29, 1.82) is 0 Å². The first-order valence-corrected chi connectivity index (χ1v) is 6.73. The fourth-order valence-corrected chi connectivity index (χ4v) is 2.15. The van der Waals surface area contributed by atoms with Crippen molar-refractivity contribution in [3.63, 3.8) is 0 Å². The number of thioether (sulfide) groups is 1. The Morgan fingerprint density at radius 2 is 2.06 bits per heavy atom. The molecule has 0 saturated heterocycles. The minimum atomic E-state index is -0.209. The van der Waals surface area contributed by atoms with Crippen molar-refractivity contribution in [2.45, 2.75) is 19.0 Å². The third-order valence-electron chi connectivity index (χ3n) is 2.35. The van der Waals surface area contributed by atoms with Crippen LogP contribution in [0, 0.1) is 5.82 Å². The van der Waals surface area contributed by atoms with Crippen LogP contribution in [-0.4, -0.2) is 29.8 Å². The normalized spacial score (nSPS) is 12.7. The van der Waals surface area contributed by atoms with Gasteiger partial charge in [0.2, 0.25) is 0 Å². The highest BCUT2D eigenvalue weighted by molar-refractivity contribution is 7.98. The van der Waals surface area contributed by atoms with E-state index in [0.717, 1.165) is 17.7 Å². The maximum absolute atomic E-state index is 12.7. The maximum Gasteiger partial charge on any atom is 0.123 e. The van der Waals surface area contributed by atoms with Gasteiger partial charge in [-0.1, -0.05) is 12.1 Å². The van der Waals surface area contributed by atoms with Crippen molar-refractivity contribution in [3.8, 4) is 0 Å². The van der Waals surface area contributed by atoms with Crippen LogP contribution in [0.25, 0.3) is 0 Å². The lowest BCUT2D eigenvalue weighted by Gasteiger charge is -2.16. The second-order valence-corrected chi connectivity index (χ2v) is 4.58. The zero-order chi connectivity index (χ0) is 11.8. The van der Waals surface area contributed by atoms with Crippen LogP contribution in [0.15, 0.2) is 24.3 Å². The first-order chi connectivity index (χ1) is 7.76. The Bertz CT molecular complexity index is 286. The molecule has 16 heavy (non-hydrogen) atoms. The number of nitrogens with one attached hydrogen (secondary N) is 1. The van der Waals surface area contributed by atoms with Crippen LogP contribution in [0.5, 0.6) is 0 Å². The average Bonchev–Trinajstić information content (AvgIpc) is 2.29. The average molecular weight is 243 g/mol. The van der Waals surface area contributed by atoms with Crippen molar-refractivity contribution in [3.05, 3.63) is 35.6 Å². The van der Waals surface area contributed by atoms with Crippen LogP contribution >= 0.6 is 11.8 Å². The van der Waals surface area contributed by atoms with Crippen LogP contribution in [0.2, 0.25) is 0 Å². The summed E-state index contributed by atoms with van der Waals surface area (Å²) in [5.41, 5.74) is 1.06. The molecule has 0 aromatic heterocycles. The zero-order valence-corrected chi connectivity index (χ0v) is 10.3. The van der Waals surface area contributed by atoms with Crippen molar-refractivity contribution in [1.82, 2.24) is 5.32 Å². The summed E-state index contributed by atoms with van der Waals surface area (Å²) in [4.78, 5) is 0. The lowest BCUT2D eigenvalue weighted by atomic mass is 10.2. The summed E-state index contributed by atoms with van der Waals surface area (Å²) in [6.07, 6.45) is 2.80. The van der Waals surface area contributed by atoms with E-state index in [1.165, 1.54) is 12.1 Å². The summed E-state index contributed by atoms with van der Waals surface area (Å²) < 4.78 is 12.7. The summed E-state index contributed by atoms with van der Waals surface area (Å²) in [7, 11) is 0. The van der Waals surface area contributed by atoms with Gasteiger partial charge in [-0.25, -0.2) is 4.39 Å². The van der Waals surface area contributed by atoms with Crippen LogP contribution in [0.4, 0.5) is 4.39 Å². The molecular formula is C12H18FNOS. The number of aliphatic hydroxyl groups excluding tert-OH is 1. The maximum atomic E-state index is 12.7. The van der Waals surface area contributed by atoms with Gasteiger partial charge in [-0.3, -0.25) is 0 Å². The molecule has 2 N–H and O–H groups in total. The monoisotopic (exact) mass is 243 g/mol. The van der Waals surface area contributed by atoms with E-state index in [0.29, 0.717) is 12.6 Å². The summed E-state index contributed by atoms with van der Waals surface area (Å²) in [5, 5.41) is 12.3. The van der Waals surface area contributed by atoms with Gasteiger partial charge in [0, 0.05) is 24.9 Å². The van der Waals surface area contributed by atoms with Gasteiger partial charge in [-0.2, -0.15) is 11.8 Å². The van der Waals surface area contributed by atoms with Crippen molar-refractivity contribution < 1.29 is 9.50 Å². The van der Waals surface area contributed by atoms with E-state index in [-0.39, 0.29) is 12.4 Å². The Balaban J connectivity index is 2.38. The van der Waals surface area contributed by atoms with Gasteiger partial charge in [0.25, 0.3) is 0 Å². The predicted octanol–water partition coefficient (Wildman–Crippen LogP) is 2.03. The van der Waals surface area contributed by atoms with Crippen LogP contribution in [0.1, 0.15) is 12.0 Å². The molecule has 1 unspecified atom stereocenters. The third-order valence-corrected chi connectivity index (χ3v) is 3.09. The highest BCUT2D eigenvalue weighted by atomic mass is 32.2. The van der Waals surface area contributed by atoms with E-state index in [1.54, 1.807) is 23.9 Å². The molecule has 1 aromatic carbocycles. The molecule has 0 fully saturated rings. The minimum Gasteiger partial charge on any atom is -0.396 e. The number of benzene rings is 1. The standard InChI is InChI=1S/C12H18FNOS/c1-16-9-12(6-7-15)14-8-10-2-4-11(13)5-3-10/h2-5,12,14-15H,6-9H2,1H3. The Morgan fingerprint density at radius 1 is 1.38 bits per heavy atom. The largest absolute Gasteiger partial charge is 0.396 e. The molecular weight excluding hydrogens is 225 g/mol. The topological polar surface area (TPSA) is 32.3 Å². The van der Waals surface area contributed by atoms with Gasteiger partial charge in [0.1, 0.15) is 5.82 Å². The zero-order valence-electron chi connectivity index (χ0n) is 9.45. The van der Waals surface area contributed by atoms with Crippen LogP contribution < -0.4 is 5.32 Å². The summed E-state index contributed by atoms with van der Waals surface area (Å²) in [6, 6.07) is 6.79. The molecule has 0 heterocycles. The molecule has 0 aliphatic rings. The van der Waals surface area contributed by atoms with Crippen LogP contribution in [0.3, 0.4) is 0 Å². The molecule has 1 aromatic rings. The van der Waals surface area contributed by atoms with E-state index in [9.17, 15) is 4.39 Å². The second-order valence-electron chi connectivity index (χ2n) is 3.67. The highest BCUT2D eigenvalue weighted by Gasteiger charge is 2.06. The molecule has 2 nitrogen and oxygen atoms in total. The molecule has 4 heteroatoms. The van der Waals surface area contributed by atoms with E-state index < -0.39 is 0 Å². The molecule has 0 aliphatic carbocycles. The molecule has 0 spiro atoms. The summed E-state index contributed by atoms with van der Waals surface area (Å²) in [5.74, 6) is 0.765. The molecule has 0 amide bonds. The smallest absolute Gasteiger partial charge is 0.123 e. The highest BCUT2D eigenvalue weighted by Crippen LogP contribution is 2.05. The quantitative estimate of drug-likeness (QED) is 0.768. The molecule has 1 atom stereocenters. The van der Waals surface area contributed by atoms with E-state index in [4.69, 9.17) is 5.11 Å². The van der Waals surface area contributed by atoms with Crippen molar-refractivity contribution >= 4 is 11.8 Å². The number of rotatable bonds is 7. The predicted molar refractivity (Wildman–Crippen MR) is 67.1 cm³/mol. The summed E-state index contributed by atoms with van der Waals surface area (Å²) >= 11 is 1.75. The molecule has 0 radical (unpaired) electrons. The molecule has 0 aliphatic heterocycles. The third kappa shape index (κ3) is 4.96. The Morgan fingerprint density at radius 3 is 2.62 bits per heavy atom. The van der Waals surface area contributed by atoms with E-state index >= 15 is 0 Å². The fraction of sp³-hybridized carbons (Fsp3) is 0.500. The number of hydrogen-bond acceptors (Lipinski definition) is 3. The van der Waals surface area contributed by atoms with Gasteiger partial charge in [-0.15, -0.1) is 0 Å². The van der Waals surface area contributed by atoms with Crippen molar-refractivity contribution in [2.24, 2.45) is 0 Å². The van der Waals surface area contributed by atoms with Crippen LogP contribution in [-0.2, 0) is 6.54 Å². The number of hydrogen-bond donors (Lipinski definition) is 2. The van der Waals surface area contributed by atoms with E-state index in [1.807, 2.05) is 6.26 Å². The van der Waals surface area contributed by atoms with Gasteiger partial charge in [-0.05, 0) is 30.4 Å². The summed E-state index contributed by atoms with van der Waals surface area (Å²) in [6.45, 7) is 0.910. The molecule has 0 saturated carbocycles. The fourth-order valence-electron chi connectivity index (χ4n) is 1.47. The van der Waals surface area contributed by atoms with Gasteiger partial charge >= 0.3 is 0 Å². The molecule has 1 rings (SSSR count). The van der Waals surface area contributed by atoms with Crippen molar-refractivity contribution in [2.75, 3.05) is 18.6 Å². The SMILES string of the molecule is CSCC(CCO)NCc1ccc(F)cc1. The van der Waals surface area contributed by atoms with Gasteiger partial charge in [0.05, 0.1) is 0 Å². The first kappa shape index (κ1) is 13.5. The number of aliphatic hydroxyl groups is 1. The Labute approximate surface area is 100 Å². The molecule has 90 valence electrons. The Kier molecular flexibility index (Phi) is 6.45. The Hall–Kier alpha value is -0.580. The van der Waals surface area contributed by atoms with E-state index in [2.05, 4.69) is 5.32 Å². The minimum absolute atomic E-state index is 0.196. The molecule has 0 bridgehead atoms. The lowest BCUT2D eigenvalue weighted by molar-refractivity contribution is 0.270. The van der Waals surface area contributed by atoms with Gasteiger partial charge < -0.3 is 10.4 Å².